The first-order chi connectivity index (χ1) is 14.6. The Kier molecular flexibility index (Phi) is 12.6. The van der Waals surface area contributed by atoms with E-state index in [2.05, 4.69) is 46.4 Å². The van der Waals surface area contributed by atoms with E-state index in [4.69, 9.17) is 4.74 Å². The summed E-state index contributed by atoms with van der Waals surface area (Å²) in [5, 5.41) is 20.7. The van der Waals surface area contributed by atoms with E-state index in [9.17, 15) is 15.0 Å². The first-order valence-corrected chi connectivity index (χ1v) is 11.9. The maximum Gasteiger partial charge on any atom is 0.142 e. The monoisotopic (exact) mass is 434 g/mol. The molecular formula is C27H46O4. The Morgan fingerprint density at radius 3 is 2.39 bits per heavy atom. The number of hydrogen-bond donors (Lipinski definition) is 2. The van der Waals surface area contributed by atoms with Crippen molar-refractivity contribution in [1.29, 1.82) is 0 Å². The smallest absolute Gasteiger partial charge is 0.142 e. The van der Waals surface area contributed by atoms with Gasteiger partial charge in [0, 0.05) is 19.4 Å². The summed E-state index contributed by atoms with van der Waals surface area (Å²) in [7, 11) is 1.65. The molecule has 0 heterocycles. The summed E-state index contributed by atoms with van der Waals surface area (Å²) < 4.78 is 5.40. The van der Waals surface area contributed by atoms with Crippen LogP contribution in [-0.2, 0) is 9.53 Å². The third-order valence-corrected chi connectivity index (χ3v) is 6.38. The van der Waals surface area contributed by atoms with Gasteiger partial charge in [-0.1, -0.05) is 50.1 Å². The minimum Gasteiger partial charge on any atom is -0.392 e. The Hall–Kier alpha value is -1.23. The maximum absolute atomic E-state index is 12.9. The molecule has 1 aliphatic carbocycles. The summed E-state index contributed by atoms with van der Waals surface area (Å²) in [6.07, 6.45) is 10.1. The maximum atomic E-state index is 12.9. The van der Waals surface area contributed by atoms with Crippen LogP contribution in [0.15, 0.2) is 36.0 Å². The number of hydrogen-bond acceptors (Lipinski definition) is 4. The quantitative estimate of drug-likeness (QED) is 0.368. The number of allylic oxidation sites excluding steroid dienone is 5. The van der Waals surface area contributed by atoms with Gasteiger partial charge in [-0.15, -0.1) is 6.58 Å². The Labute approximate surface area is 190 Å². The number of aliphatic hydroxyl groups excluding tert-OH is 2. The molecule has 0 aromatic carbocycles. The molecule has 1 aliphatic rings. The van der Waals surface area contributed by atoms with E-state index in [-0.39, 0.29) is 36.2 Å². The predicted octanol–water partition coefficient (Wildman–Crippen LogP) is 5.64. The predicted molar refractivity (Wildman–Crippen MR) is 129 cm³/mol. The van der Waals surface area contributed by atoms with Crippen LogP contribution < -0.4 is 0 Å². The SMILES string of the molecule is C=CC[C@H](/C=C(\C)CC(C)C)C(=O)C[C@H](O)[C@@H](C)C/C(C)=C/[C@@H]1CC[C@@H](O)[C@H](OC)C1. The number of carbonyl (C=O) groups excluding carboxylic acids is 1. The summed E-state index contributed by atoms with van der Waals surface area (Å²) in [6, 6.07) is 0. The molecule has 0 unspecified atom stereocenters. The molecule has 0 spiro atoms. The van der Waals surface area contributed by atoms with Crippen LogP contribution in [0.3, 0.4) is 0 Å². The molecule has 0 aromatic rings. The Balaban J connectivity index is 2.65. The fraction of sp³-hybridized carbons (Fsp3) is 0.741. The van der Waals surface area contributed by atoms with E-state index in [0.29, 0.717) is 18.3 Å². The number of rotatable bonds is 13. The molecule has 0 saturated heterocycles. The molecule has 4 nitrogen and oxygen atoms in total. The number of carbonyl (C=O) groups is 1. The number of methoxy groups -OCH3 is 1. The fourth-order valence-electron chi connectivity index (χ4n) is 4.75. The lowest BCUT2D eigenvalue weighted by Crippen LogP contribution is -2.34. The summed E-state index contributed by atoms with van der Waals surface area (Å²) in [5.41, 5.74) is 2.45. The van der Waals surface area contributed by atoms with Crippen LogP contribution in [0, 0.1) is 23.7 Å². The topological polar surface area (TPSA) is 66.8 Å². The summed E-state index contributed by atoms with van der Waals surface area (Å²) in [4.78, 5) is 12.9. The number of ether oxygens (including phenoxy) is 1. The highest BCUT2D eigenvalue weighted by Crippen LogP contribution is 2.30. The largest absolute Gasteiger partial charge is 0.392 e. The number of ketones is 1. The Morgan fingerprint density at radius 1 is 1.13 bits per heavy atom. The van der Waals surface area contributed by atoms with Crippen molar-refractivity contribution in [3.63, 3.8) is 0 Å². The van der Waals surface area contributed by atoms with Gasteiger partial charge in [0.2, 0.25) is 0 Å². The molecule has 6 atom stereocenters. The van der Waals surface area contributed by atoms with Crippen molar-refractivity contribution in [3.8, 4) is 0 Å². The van der Waals surface area contributed by atoms with Crippen LogP contribution in [0.1, 0.15) is 79.6 Å². The van der Waals surface area contributed by atoms with Crippen LogP contribution in [0.25, 0.3) is 0 Å². The second kappa shape index (κ2) is 14.0. The molecule has 31 heavy (non-hydrogen) atoms. The molecule has 0 radical (unpaired) electrons. The zero-order valence-electron chi connectivity index (χ0n) is 20.6. The van der Waals surface area contributed by atoms with Gasteiger partial charge in [0.15, 0.2) is 0 Å². The average molecular weight is 435 g/mol. The van der Waals surface area contributed by atoms with E-state index in [1.54, 1.807) is 13.2 Å². The lowest BCUT2D eigenvalue weighted by molar-refractivity contribution is -0.124. The Morgan fingerprint density at radius 2 is 1.81 bits per heavy atom. The standard InChI is InChI=1S/C27H46O4/c1-8-9-23(15-19(4)12-18(2)3)26(30)17-25(29)21(6)13-20(5)14-22-10-11-24(28)27(16-22)31-7/h8,14-15,18,21-25,27-29H,1,9-13,16-17H2,2-7H3/b19-15+,20-14+/t21-,22-,23+,24+,25-,27+/m0/s1. The molecular weight excluding hydrogens is 388 g/mol. The molecule has 1 rings (SSSR count). The van der Waals surface area contributed by atoms with E-state index >= 15 is 0 Å². The zero-order chi connectivity index (χ0) is 23.6. The molecule has 1 saturated carbocycles. The lowest BCUT2D eigenvalue weighted by Gasteiger charge is -2.31. The van der Waals surface area contributed by atoms with Gasteiger partial charge in [-0.2, -0.15) is 0 Å². The van der Waals surface area contributed by atoms with Gasteiger partial charge in [0.1, 0.15) is 5.78 Å². The summed E-state index contributed by atoms with van der Waals surface area (Å²) in [6.45, 7) is 14.3. The molecule has 0 bridgehead atoms. The normalized spacial score (nSPS) is 25.9. The van der Waals surface area contributed by atoms with Crippen LogP contribution in [0.5, 0.6) is 0 Å². The number of Topliss-reactive ketones (excluding diaryl/α,β-unsaturated/α-hetero) is 1. The third kappa shape index (κ3) is 10.3. The van der Waals surface area contributed by atoms with Gasteiger partial charge in [0.05, 0.1) is 18.3 Å². The molecule has 2 N–H and O–H groups in total. The molecule has 4 heteroatoms. The van der Waals surface area contributed by atoms with Gasteiger partial charge in [0.25, 0.3) is 0 Å². The fourth-order valence-corrected chi connectivity index (χ4v) is 4.75. The molecule has 0 amide bonds. The number of aliphatic hydroxyl groups is 2. The van der Waals surface area contributed by atoms with E-state index in [1.807, 2.05) is 6.92 Å². The van der Waals surface area contributed by atoms with Crippen molar-refractivity contribution in [2.45, 2.75) is 97.9 Å². The van der Waals surface area contributed by atoms with Gasteiger partial charge >= 0.3 is 0 Å². The van der Waals surface area contributed by atoms with Gasteiger partial charge in [-0.3, -0.25) is 4.79 Å². The highest BCUT2D eigenvalue weighted by atomic mass is 16.5. The first-order valence-electron chi connectivity index (χ1n) is 11.9. The van der Waals surface area contributed by atoms with Crippen LogP contribution in [-0.4, -0.2) is 41.4 Å². The third-order valence-electron chi connectivity index (χ3n) is 6.38. The van der Waals surface area contributed by atoms with Gasteiger partial charge < -0.3 is 14.9 Å². The van der Waals surface area contributed by atoms with Gasteiger partial charge in [-0.05, 0) is 70.1 Å². The molecule has 0 aliphatic heterocycles. The van der Waals surface area contributed by atoms with Crippen LogP contribution in [0.2, 0.25) is 0 Å². The van der Waals surface area contributed by atoms with Crippen molar-refractivity contribution >= 4 is 5.78 Å². The minimum absolute atomic E-state index is 0.0118. The van der Waals surface area contributed by atoms with Crippen molar-refractivity contribution in [3.05, 3.63) is 36.0 Å². The van der Waals surface area contributed by atoms with E-state index in [1.165, 1.54) is 11.1 Å². The minimum atomic E-state index is -0.651. The zero-order valence-corrected chi connectivity index (χ0v) is 20.6. The van der Waals surface area contributed by atoms with E-state index in [0.717, 1.165) is 32.1 Å². The van der Waals surface area contributed by atoms with Crippen molar-refractivity contribution in [2.75, 3.05) is 7.11 Å². The highest BCUT2D eigenvalue weighted by Gasteiger charge is 2.28. The first kappa shape index (κ1) is 27.8. The van der Waals surface area contributed by atoms with Crippen LogP contribution >= 0.6 is 0 Å². The second-order valence-electron chi connectivity index (χ2n) is 10.1. The van der Waals surface area contributed by atoms with Crippen molar-refractivity contribution in [2.24, 2.45) is 23.7 Å². The summed E-state index contributed by atoms with van der Waals surface area (Å²) >= 11 is 0. The van der Waals surface area contributed by atoms with E-state index < -0.39 is 6.10 Å². The molecule has 0 aromatic heterocycles. The highest BCUT2D eigenvalue weighted by molar-refractivity contribution is 5.83. The van der Waals surface area contributed by atoms with Crippen LogP contribution in [0.4, 0.5) is 0 Å². The average Bonchev–Trinajstić information content (AvgIpc) is 2.68. The second-order valence-corrected chi connectivity index (χ2v) is 10.1. The Bertz CT molecular complexity index is 619. The van der Waals surface area contributed by atoms with Gasteiger partial charge in [-0.25, -0.2) is 0 Å². The molecule has 178 valence electrons. The lowest BCUT2D eigenvalue weighted by atomic mass is 9.82. The van der Waals surface area contributed by atoms with Crippen molar-refractivity contribution in [1.82, 2.24) is 0 Å². The summed E-state index contributed by atoms with van der Waals surface area (Å²) in [5.74, 6) is 0.855. The molecule has 1 fully saturated rings. The van der Waals surface area contributed by atoms with Crippen molar-refractivity contribution < 1.29 is 19.7 Å².